The van der Waals surface area contributed by atoms with E-state index in [2.05, 4.69) is 20.7 Å². The molecule has 3 nitrogen and oxygen atoms in total. The third-order valence-electron chi connectivity index (χ3n) is 2.40. The van der Waals surface area contributed by atoms with Crippen molar-refractivity contribution in [2.75, 3.05) is 4.72 Å². The summed E-state index contributed by atoms with van der Waals surface area (Å²) < 4.78 is 27.9. The highest BCUT2D eigenvalue weighted by Gasteiger charge is 2.16. The second kappa shape index (κ2) is 5.42. The van der Waals surface area contributed by atoms with Crippen LogP contribution in [0.1, 0.15) is 12.5 Å². The SMILES string of the molecule is CCc1cccc(NS(=O)(=O)c2ccc(Br)s2)c1. The van der Waals surface area contributed by atoms with Gasteiger partial charge in [-0.25, -0.2) is 8.42 Å². The summed E-state index contributed by atoms with van der Waals surface area (Å²) in [4.78, 5) is 0. The molecule has 1 aromatic carbocycles. The van der Waals surface area contributed by atoms with E-state index in [1.165, 1.54) is 11.3 Å². The van der Waals surface area contributed by atoms with Crippen molar-refractivity contribution < 1.29 is 8.42 Å². The van der Waals surface area contributed by atoms with Gasteiger partial charge in [0.15, 0.2) is 0 Å². The molecule has 6 heteroatoms. The van der Waals surface area contributed by atoms with Gasteiger partial charge in [-0.05, 0) is 52.2 Å². The summed E-state index contributed by atoms with van der Waals surface area (Å²) in [6, 6.07) is 10.7. The average molecular weight is 346 g/mol. The maximum absolute atomic E-state index is 12.1. The summed E-state index contributed by atoms with van der Waals surface area (Å²) in [5, 5.41) is 0. The Bertz CT molecular complexity index is 650. The fraction of sp³-hybridized carbons (Fsp3) is 0.167. The van der Waals surface area contributed by atoms with Crippen LogP contribution in [0.5, 0.6) is 0 Å². The highest BCUT2D eigenvalue weighted by atomic mass is 79.9. The van der Waals surface area contributed by atoms with E-state index >= 15 is 0 Å². The van der Waals surface area contributed by atoms with E-state index in [0.29, 0.717) is 9.90 Å². The lowest BCUT2D eigenvalue weighted by molar-refractivity contribution is 0.603. The summed E-state index contributed by atoms with van der Waals surface area (Å²) >= 11 is 4.45. The molecular weight excluding hydrogens is 334 g/mol. The maximum atomic E-state index is 12.1. The Balaban J connectivity index is 2.27. The third-order valence-corrected chi connectivity index (χ3v) is 5.90. The summed E-state index contributed by atoms with van der Waals surface area (Å²) in [6.07, 6.45) is 0.875. The van der Waals surface area contributed by atoms with Crippen LogP contribution in [-0.2, 0) is 16.4 Å². The fourth-order valence-corrected chi connectivity index (χ4v) is 4.56. The van der Waals surface area contributed by atoms with E-state index in [4.69, 9.17) is 0 Å². The molecule has 0 fully saturated rings. The Kier molecular flexibility index (Phi) is 4.09. The molecule has 2 rings (SSSR count). The van der Waals surface area contributed by atoms with Crippen molar-refractivity contribution in [3.8, 4) is 0 Å². The zero-order chi connectivity index (χ0) is 13.2. The van der Waals surface area contributed by atoms with Gasteiger partial charge in [-0.1, -0.05) is 19.1 Å². The lowest BCUT2D eigenvalue weighted by Crippen LogP contribution is -2.11. The van der Waals surface area contributed by atoms with Gasteiger partial charge < -0.3 is 0 Å². The van der Waals surface area contributed by atoms with Crippen molar-refractivity contribution in [2.24, 2.45) is 0 Å². The van der Waals surface area contributed by atoms with Crippen LogP contribution in [0.25, 0.3) is 0 Å². The quantitative estimate of drug-likeness (QED) is 0.913. The number of aryl methyl sites for hydroxylation is 1. The molecule has 96 valence electrons. The predicted octanol–water partition coefficient (Wildman–Crippen LogP) is 3.87. The van der Waals surface area contributed by atoms with Gasteiger partial charge in [0.05, 0.1) is 3.79 Å². The molecule has 0 aliphatic heterocycles. The predicted molar refractivity (Wildman–Crippen MR) is 78.6 cm³/mol. The molecule has 0 bridgehead atoms. The summed E-state index contributed by atoms with van der Waals surface area (Å²) in [5.41, 5.74) is 1.70. The molecule has 0 unspecified atom stereocenters. The summed E-state index contributed by atoms with van der Waals surface area (Å²) in [6.45, 7) is 2.03. The molecule has 0 saturated carbocycles. The monoisotopic (exact) mass is 345 g/mol. The zero-order valence-corrected chi connectivity index (χ0v) is 12.9. The standard InChI is InChI=1S/C12H12BrNO2S2/c1-2-9-4-3-5-10(8-9)14-18(15,16)12-7-6-11(13)17-12/h3-8,14H,2H2,1H3. The van der Waals surface area contributed by atoms with E-state index in [0.717, 1.165) is 15.8 Å². The van der Waals surface area contributed by atoms with Crippen LogP contribution in [-0.4, -0.2) is 8.42 Å². The Hall–Kier alpha value is -0.850. The van der Waals surface area contributed by atoms with Crippen LogP contribution in [0.3, 0.4) is 0 Å². The van der Waals surface area contributed by atoms with Crippen molar-refractivity contribution in [2.45, 2.75) is 17.6 Å². The molecule has 1 aromatic heterocycles. The van der Waals surface area contributed by atoms with Crippen LogP contribution >= 0.6 is 27.3 Å². The Morgan fingerprint density at radius 2 is 2.06 bits per heavy atom. The third kappa shape index (κ3) is 3.13. The maximum Gasteiger partial charge on any atom is 0.271 e. The molecule has 0 aliphatic carbocycles. The van der Waals surface area contributed by atoms with Gasteiger partial charge in [-0.2, -0.15) is 0 Å². The van der Waals surface area contributed by atoms with Gasteiger partial charge in [0, 0.05) is 5.69 Å². The van der Waals surface area contributed by atoms with Crippen LogP contribution in [0.2, 0.25) is 0 Å². The molecular formula is C12H12BrNO2S2. The second-order valence-corrected chi connectivity index (χ2v) is 8.09. The molecule has 2 aromatic rings. The largest absolute Gasteiger partial charge is 0.279 e. The Morgan fingerprint density at radius 1 is 1.28 bits per heavy atom. The van der Waals surface area contributed by atoms with Gasteiger partial charge in [-0.15, -0.1) is 11.3 Å². The minimum atomic E-state index is -3.48. The summed E-state index contributed by atoms with van der Waals surface area (Å²) in [7, 11) is -3.48. The van der Waals surface area contributed by atoms with Gasteiger partial charge in [0.25, 0.3) is 10.0 Å². The first-order chi connectivity index (χ1) is 8.51. The van der Waals surface area contributed by atoms with E-state index in [1.54, 1.807) is 18.2 Å². The number of anilines is 1. The van der Waals surface area contributed by atoms with Crippen molar-refractivity contribution >= 4 is 43.0 Å². The average Bonchev–Trinajstić information content (AvgIpc) is 2.76. The first kappa shape index (κ1) is 13.6. The first-order valence-electron chi connectivity index (χ1n) is 5.38. The van der Waals surface area contributed by atoms with E-state index < -0.39 is 10.0 Å². The number of nitrogens with one attached hydrogen (secondary N) is 1. The first-order valence-corrected chi connectivity index (χ1v) is 8.47. The molecule has 0 atom stereocenters. The Morgan fingerprint density at radius 3 is 2.67 bits per heavy atom. The van der Waals surface area contributed by atoms with Crippen LogP contribution in [0.4, 0.5) is 5.69 Å². The van der Waals surface area contributed by atoms with E-state index in [1.807, 2.05) is 25.1 Å². The van der Waals surface area contributed by atoms with Crippen molar-refractivity contribution in [3.05, 3.63) is 45.7 Å². The molecule has 1 N–H and O–H groups in total. The van der Waals surface area contributed by atoms with Crippen LogP contribution in [0, 0.1) is 0 Å². The van der Waals surface area contributed by atoms with Crippen molar-refractivity contribution in [3.63, 3.8) is 0 Å². The number of benzene rings is 1. The molecule has 1 heterocycles. The minimum absolute atomic E-state index is 0.302. The highest BCUT2D eigenvalue weighted by molar-refractivity contribution is 9.11. The van der Waals surface area contributed by atoms with E-state index in [9.17, 15) is 8.42 Å². The van der Waals surface area contributed by atoms with Crippen LogP contribution in [0.15, 0.2) is 44.4 Å². The number of halogens is 1. The molecule has 0 radical (unpaired) electrons. The van der Waals surface area contributed by atoms with Crippen molar-refractivity contribution in [1.82, 2.24) is 0 Å². The molecule has 0 amide bonds. The topological polar surface area (TPSA) is 46.2 Å². The lowest BCUT2D eigenvalue weighted by Gasteiger charge is -2.07. The number of hydrogen-bond donors (Lipinski definition) is 1. The van der Waals surface area contributed by atoms with Crippen LogP contribution < -0.4 is 4.72 Å². The van der Waals surface area contributed by atoms with Gasteiger partial charge in [0.2, 0.25) is 0 Å². The number of thiophene rings is 1. The highest BCUT2D eigenvalue weighted by Crippen LogP contribution is 2.27. The van der Waals surface area contributed by atoms with Gasteiger partial charge >= 0.3 is 0 Å². The number of rotatable bonds is 4. The van der Waals surface area contributed by atoms with Crippen molar-refractivity contribution in [1.29, 1.82) is 0 Å². The minimum Gasteiger partial charge on any atom is -0.279 e. The zero-order valence-electron chi connectivity index (χ0n) is 9.68. The Labute approximate surface area is 119 Å². The smallest absolute Gasteiger partial charge is 0.271 e. The fourth-order valence-electron chi connectivity index (χ4n) is 1.50. The number of sulfonamides is 1. The molecule has 0 saturated heterocycles. The van der Waals surface area contributed by atoms with Gasteiger partial charge in [0.1, 0.15) is 4.21 Å². The lowest BCUT2D eigenvalue weighted by atomic mass is 10.1. The normalized spacial score (nSPS) is 11.4. The molecule has 18 heavy (non-hydrogen) atoms. The number of hydrogen-bond acceptors (Lipinski definition) is 3. The van der Waals surface area contributed by atoms with Gasteiger partial charge in [-0.3, -0.25) is 4.72 Å². The summed E-state index contributed by atoms with van der Waals surface area (Å²) in [5.74, 6) is 0. The molecule has 0 spiro atoms. The van der Waals surface area contributed by atoms with E-state index in [-0.39, 0.29) is 0 Å². The second-order valence-electron chi connectivity index (χ2n) is 3.72. The molecule has 0 aliphatic rings.